The van der Waals surface area contributed by atoms with Crippen LogP contribution in [0.3, 0.4) is 0 Å². The fourth-order valence-corrected chi connectivity index (χ4v) is 4.43. The molecular weight excluding hydrogens is 348 g/mol. The van der Waals surface area contributed by atoms with Gasteiger partial charge in [0.25, 0.3) is 0 Å². The molecule has 2 unspecified atom stereocenters. The Morgan fingerprint density at radius 3 is 2.54 bits per heavy atom. The Labute approximate surface area is 170 Å². The molecule has 0 radical (unpaired) electrons. The molecule has 2 fully saturated rings. The average molecular weight is 387 g/mol. The molecule has 2 aliphatic rings. The van der Waals surface area contributed by atoms with Crippen molar-refractivity contribution in [2.75, 3.05) is 39.4 Å². The molecule has 2 aliphatic heterocycles. The number of likely N-dealkylation sites (tertiary alicyclic amines) is 1. The second kappa shape index (κ2) is 9.75. The summed E-state index contributed by atoms with van der Waals surface area (Å²) in [6.07, 6.45) is 2.06. The first-order valence-corrected chi connectivity index (χ1v) is 11.0. The van der Waals surface area contributed by atoms with Crippen LogP contribution in [0.1, 0.15) is 46.1 Å². The number of hydrogen-bond acceptors (Lipinski definition) is 3. The van der Waals surface area contributed by atoms with Crippen LogP contribution in [-0.4, -0.2) is 62.3 Å². The number of rotatable bonds is 6. The molecule has 0 amide bonds. The van der Waals surface area contributed by atoms with Gasteiger partial charge in [0.15, 0.2) is 5.96 Å². The fraction of sp³-hybridized carbons (Fsp3) is 0.696. The number of nitrogens with one attached hydrogen (secondary N) is 2. The largest absolute Gasteiger partial charge is 0.381 e. The SMILES string of the molecule is CCNC(=NCC1(c2ccccc2)CCOCC1)NC1CN(C(C)C)CC1C. The van der Waals surface area contributed by atoms with Gasteiger partial charge in [-0.2, -0.15) is 0 Å². The summed E-state index contributed by atoms with van der Waals surface area (Å²) < 4.78 is 5.67. The smallest absolute Gasteiger partial charge is 0.191 e. The first kappa shape index (κ1) is 21.1. The number of hydrogen-bond donors (Lipinski definition) is 2. The van der Waals surface area contributed by atoms with E-state index >= 15 is 0 Å². The lowest BCUT2D eigenvalue weighted by atomic mass is 9.74. The average Bonchev–Trinajstić information content (AvgIpc) is 3.08. The predicted octanol–water partition coefficient (Wildman–Crippen LogP) is 3.02. The van der Waals surface area contributed by atoms with Crippen LogP contribution < -0.4 is 10.6 Å². The van der Waals surface area contributed by atoms with Crippen molar-refractivity contribution in [1.82, 2.24) is 15.5 Å². The summed E-state index contributed by atoms with van der Waals surface area (Å²) in [5, 5.41) is 7.20. The van der Waals surface area contributed by atoms with Crippen LogP contribution in [0.2, 0.25) is 0 Å². The molecule has 5 nitrogen and oxygen atoms in total. The molecule has 0 saturated carbocycles. The summed E-state index contributed by atoms with van der Waals surface area (Å²) in [5.74, 6) is 1.57. The topological polar surface area (TPSA) is 48.9 Å². The highest BCUT2D eigenvalue weighted by molar-refractivity contribution is 5.80. The van der Waals surface area contributed by atoms with Crippen LogP contribution in [0.15, 0.2) is 35.3 Å². The zero-order chi connectivity index (χ0) is 20.0. The lowest BCUT2D eigenvalue weighted by molar-refractivity contribution is 0.0531. The van der Waals surface area contributed by atoms with Gasteiger partial charge in [-0.25, -0.2) is 0 Å². The molecule has 2 atom stereocenters. The number of ether oxygens (including phenoxy) is 1. The summed E-state index contributed by atoms with van der Waals surface area (Å²) in [6, 6.07) is 11.9. The maximum Gasteiger partial charge on any atom is 0.191 e. The highest BCUT2D eigenvalue weighted by Crippen LogP contribution is 2.35. The predicted molar refractivity (Wildman–Crippen MR) is 117 cm³/mol. The lowest BCUT2D eigenvalue weighted by Crippen LogP contribution is -2.47. The highest BCUT2D eigenvalue weighted by Gasteiger charge is 2.35. The molecule has 1 aromatic rings. The Kier molecular flexibility index (Phi) is 7.36. The van der Waals surface area contributed by atoms with Crippen molar-refractivity contribution in [3.63, 3.8) is 0 Å². The van der Waals surface area contributed by atoms with Gasteiger partial charge in [-0.3, -0.25) is 9.89 Å². The summed E-state index contributed by atoms with van der Waals surface area (Å²) in [7, 11) is 0. The molecule has 1 aromatic carbocycles. The second-order valence-corrected chi connectivity index (χ2v) is 8.73. The summed E-state index contributed by atoms with van der Waals surface area (Å²) in [4.78, 5) is 7.63. The van der Waals surface area contributed by atoms with Crippen LogP contribution in [-0.2, 0) is 10.2 Å². The van der Waals surface area contributed by atoms with Gasteiger partial charge in [0, 0.05) is 50.3 Å². The van der Waals surface area contributed by atoms with Crippen molar-refractivity contribution in [2.45, 2.75) is 58.0 Å². The zero-order valence-electron chi connectivity index (χ0n) is 18.1. The van der Waals surface area contributed by atoms with Crippen LogP contribution in [0, 0.1) is 5.92 Å². The summed E-state index contributed by atoms with van der Waals surface area (Å²) in [6.45, 7) is 14.6. The second-order valence-electron chi connectivity index (χ2n) is 8.73. The third kappa shape index (κ3) is 5.06. The van der Waals surface area contributed by atoms with Gasteiger partial charge in [0.1, 0.15) is 0 Å². The normalized spacial score (nSPS) is 25.8. The van der Waals surface area contributed by atoms with E-state index in [1.54, 1.807) is 0 Å². The number of benzene rings is 1. The maximum absolute atomic E-state index is 5.67. The van der Waals surface area contributed by atoms with Gasteiger partial charge >= 0.3 is 0 Å². The van der Waals surface area contributed by atoms with E-state index in [1.807, 2.05) is 0 Å². The lowest BCUT2D eigenvalue weighted by Gasteiger charge is -2.36. The van der Waals surface area contributed by atoms with Crippen molar-refractivity contribution in [2.24, 2.45) is 10.9 Å². The first-order valence-electron chi connectivity index (χ1n) is 11.0. The third-order valence-electron chi connectivity index (χ3n) is 6.41. The molecule has 5 heteroatoms. The molecule has 2 heterocycles. The van der Waals surface area contributed by atoms with Crippen molar-refractivity contribution >= 4 is 5.96 Å². The summed E-state index contributed by atoms with van der Waals surface area (Å²) >= 11 is 0. The minimum absolute atomic E-state index is 0.0765. The van der Waals surface area contributed by atoms with Crippen LogP contribution >= 0.6 is 0 Å². The molecule has 0 spiro atoms. The van der Waals surface area contributed by atoms with Crippen LogP contribution in [0.4, 0.5) is 0 Å². The molecule has 2 saturated heterocycles. The zero-order valence-corrected chi connectivity index (χ0v) is 18.1. The molecule has 2 N–H and O–H groups in total. The van der Waals surface area contributed by atoms with Gasteiger partial charge in [-0.1, -0.05) is 37.3 Å². The standard InChI is InChI=1S/C23H38N4O/c1-5-24-22(26-21-16-27(18(2)3)15-19(21)4)25-17-23(11-13-28-14-12-23)20-9-7-6-8-10-20/h6-10,18-19,21H,5,11-17H2,1-4H3,(H2,24,25,26). The molecule has 0 aliphatic carbocycles. The van der Waals surface area contributed by atoms with E-state index < -0.39 is 0 Å². The third-order valence-corrected chi connectivity index (χ3v) is 6.41. The van der Waals surface area contributed by atoms with Gasteiger partial charge in [-0.05, 0) is 45.1 Å². The summed E-state index contributed by atoms with van der Waals surface area (Å²) in [5.41, 5.74) is 1.46. The van der Waals surface area contributed by atoms with E-state index in [2.05, 4.69) is 73.6 Å². The molecule has 0 bridgehead atoms. The Balaban J connectivity index is 1.73. The number of nitrogens with zero attached hydrogens (tertiary/aromatic N) is 2. The van der Waals surface area contributed by atoms with E-state index in [4.69, 9.17) is 9.73 Å². The van der Waals surface area contributed by atoms with Crippen LogP contribution in [0.25, 0.3) is 0 Å². The van der Waals surface area contributed by atoms with E-state index in [0.717, 1.165) is 58.2 Å². The number of guanidine groups is 1. The molecule has 156 valence electrons. The Morgan fingerprint density at radius 2 is 1.93 bits per heavy atom. The van der Waals surface area contributed by atoms with Crippen molar-refractivity contribution < 1.29 is 4.74 Å². The van der Waals surface area contributed by atoms with E-state index in [-0.39, 0.29) is 5.41 Å². The Bertz CT molecular complexity index is 625. The monoisotopic (exact) mass is 386 g/mol. The fourth-order valence-electron chi connectivity index (χ4n) is 4.43. The Morgan fingerprint density at radius 1 is 1.21 bits per heavy atom. The maximum atomic E-state index is 5.67. The minimum atomic E-state index is 0.0765. The molecular formula is C23H38N4O. The van der Waals surface area contributed by atoms with Gasteiger partial charge < -0.3 is 15.4 Å². The van der Waals surface area contributed by atoms with E-state index in [1.165, 1.54) is 5.56 Å². The van der Waals surface area contributed by atoms with Gasteiger partial charge in [0.2, 0.25) is 0 Å². The molecule has 0 aromatic heterocycles. The highest BCUT2D eigenvalue weighted by atomic mass is 16.5. The number of aliphatic imine (C=N–C) groups is 1. The van der Waals surface area contributed by atoms with Gasteiger partial charge in [0.05, 0.1) is 6.54 Å². The molecule has 28 heavy (non-hydrogen) atoms. The van der Waals surface area contributed by atoms with Gasteiger partial charge in [-0.15, -0.1) is 0 Å². The van der Waals surface area contributed by atoms with E-state index in [9.17, 15) is 0 Å². The van der Waals surface area contributed by atoms with Crippen molar-refractivity contribution in [3.05, 3.63) is 35.9 Å². The van der Waals surface area contributed by atoms with Crippen molar-refractivity contribution in [1.29, 1.82) is 0 Å². The quantitative estimate of drug-likeness (QED) is 0.583. The van der Waals surface area contributed by atoms with Crippen LogP contribution in [0.5, 0.6) is 0 Å². The minimum Gasteiger partial charge on any atom is -0.381 e. The first-order chi connectivity index (χ1) is 13.5. The molecule has 3 rings (SSSR count). The van der Waals surface area contributed by atoms with E-state index in [0.29, 0.717) is 18.0 Å². The Hall–Kier alpha value is -1.59. The van der Waals surface area contributed by atoms with Crippen molar-refractivity contribution in [3.8, 4) is 0 Å².